The zero-order valence-electron chi connectivity index (χ0n) is 7.83. The molecule has 0 bridgehead atoms. The van der Waals surface area contributed by atoms with Crippen LogP contribution in [0.5, 0.6) is 0 Å². The van der Waals surface area contributed by atoms with Gasteiger partial charge in [0, 0.05) is 0 Å². The van der Waals surface area contributed by atoms with Crippen LogP contribution in [-0.2, 0) is 9.53 Å². The first-order valence-corrected chi connectivity index (χ1v) is 4.13. The number of allylic oxidation sites excluding steroid dienone is 1. The number of aliphatic hydroxyl groups excluding tert-OH is 1. The highest BCUT2D eigenvalue weighted by atomic mass is 16.5. The summed E-state index contributed by atoms with van der Waals surface area (Å²) < 4.78 is 4.62. The molecule has 70 valence electrons. The molecule has 1 unspecified atom stereocenters. The molecule has 0 amide bonds. The second kappa shape index (κ2) is 5.77. The van der Waals surface area contributed by atoms with Crippen LogP contribution in [0.2, 0.25) is 0 Å². The fourth-order valence-corrected chi connectivity index (χ4v) is 0.683. The van der Waals surface area contributed by atoms with Crippen molar-refractivity contribution in [2.24, 2.45) is 0 Å². The quantitative estimate of drug-likeness (QED) is 0.513. The second-order valence-corrected chi connectivity index (χ2v) is 2.56. The molecule has 0 radical (unpaired) electrons. The van der Waals surface area contributed by atoms with E-state index in [1.807, 2.05) is 13.8 Å². The van der Waals surface area contributed by atoms with Crippen LogP contribution in [0.4, 0.5) is 0 Å². The van der Waals surface area contributed by atoms with Crippen molar-refractivity contribution in [3.8, 4) is 0 Å². The molecule has 3 nitrogen and oxygen atoms in total. The van der Waals surface area contributed by atoms with Crippen LogP contribution >= 0.6 is 0 Å². The fraction of sp³-hybridized carbons (Fsp3) is 0.667. The van der Waals surface area contributed by atoms with Crippen LogP contribution in [-0.4, -0.2) is 23.8 Å². The molecule has 3 heteroatoms. The number of rotatable bonds is 4. The van der Waals surface area contributed by atoms with Gasteiger partial charge in [-0.15, -0.1) is 0 Å². The number of aliphatic hydroxyl groups is 1. The highest BCUT2D eigenvalue weighted by molar-refractivity contribution is 5.76. The molecule has 0 aromatic carbocycles. The summed E-state index contributed by atoms with van der Waals surface area (Å²) in [6.45, 7) is 5.84. The molecule has 0 heterocycles. The van der Waals surface area contributed by atoms with Crippen LogP contribution < -0.4 is 0 Å². The van der Waals surface area contributed by atoms with Gasteiger partial charge in [-0.3, -0.25) is 0 Å². The number of hydrogen-bond acceptors (Lipinski definition) is 3. The summed E-state index contributed by atoms with van der Waals surface area (Å²) in [5, 5.41) is 9.20. The largest absolute Gasteiger partial charge is 0.464 e. The van der Waals surface area contributed by atoms with E-state index in [0.29, 0.717) is 6.61 Å². The van der Waals surface area contributed by atoms with Gasteiger partial charge in [-0.2, -0.15) is 0 Å². The standard InChI is InChI=1S/C9H16O3/c1-4-7(3)6-8(10)9(11)12-5-2/h6,8,10H,4-5H2,1-3H3. The molecular weight excluding hydrogens is 156 g/mol. The third-order valence-electron chi connectivity index (χ3n) is 1.53. The second-order valence-electron chi connectivity index (χ2n) is 2.56. The van der Waals surface area contributed by atoms with Crippen molar-refractivity contribution >= 4 is 5.97 Å². The molecule has 0 aromatic rings. The van der Waals surface area contributed by atoms with Gasteiger partial charge in [0.05, 0.1) is 6.61 Å². The monoisotopic (exact) mass is 172 g/mol. The third kappa shape index (κ3) is 4.13. The van der Waals surface area contributed by atoms with E-state index in [2.05, 4.69) is 4.74 Å². The first kappa shape index (κ1) is 11.2. The third-order valence-corrected chi connectivity index (χ3v) is 1.53. The van der Waals surface area contributed by atoms with Gasteiger partial charge in [-0.1, -0.05) is 12.5 Å². The average Bonchev–Trinajstić information content (AvgIpc) is 2.04. The Bertz CT molecular complexity index is 173. The molecule has 0 saturated heterocycles. The van der Waals surface area contributed by atoms with Gasteiger partial charge in [0.15, 0.2) is 6.10 Å². The van der Waals surface area contributed by atoms with E-state index >= 15 is 0 Å². The molecule has 0 saturated carbocycles. The van der Waals surface area contributed by atoms with Crippen LogP contribution in [0, 0.1) is 0 Å². The maximum Gasteiger partial charge on any atom is 0.339 e. The van der Waals surface area contributed by atoms with E-state index in [-0.39, 0.29) is 0 Å². The maximum absolute atomic E-state index is 10.9. The van der Waals surface area contributed by atoms with Crippen molar-refractivity contribution in [2.75, 3.05) is 6.61 Å². The number of carbonyl (C=O) groups excluding carboxylic acids is 1. The summed E-state index contributed by atoms with van der Waals surface area (Å²) in [4.78, 5) is 10.9. The topological polar surface area (TPSA) is 46.5 Å². The highest BCUT2D eigenvalue weighted by Crippen LogP contribution is 2.01. The van der Waals surface area contributed by atoms with Gasteiger partial charge in [0.25, 0.3) is 0 Å². The van der Waals surface area contributed by atoms with Gasteiger partial charge in [-0.25, -0.2) is 4.79 Å². The maximum atomic E-state index is 10.9. The smallest absolute Gasteiger partial charge is 0.339 e. The SMILES string of the molecule is CCOC(=O)C(O)C=C(C)CC. The Morgan fingerprint density at radius 2 is 2.17 bits per heavy atom. The molecule has 0 aliphatic heterocycles. The molecule has 12 heavy (non-hydrogen) atoms. The Balaban J connectivity index is 4.02. The van der Waals surface area contributed by atoms with Crippen LogP contribution in [0.1, 0.15) is 27.2 Å². The lowest BCUT2D eigenvalue weighted by atomic mass is 10.2. The molecular formula is C9H16O3. The lowest BCUT2D eigenvalue weighted by Crippen LogP contribution is -2.20. The summed E-state index contributed by atoms with van der Waals surface area (Å²) in [7, 11) is 0. The number of ether oxygens (including phenoxy) is 1. The van der Waals surface area contributed by atoms with Gasteiger partial charge >= 0.3 is 5.97 Å². The van der Waals surface area contributed by atoms with Gasteiger partial charge < -0.3 is 9.84 Å². The Hall–Kier alpha value is -0.830. The summed E-state index contributed by atoms with van der Waals surface area (Å²) >= 11 is 0. The van der Waals surface area contributed by atoms with E-state index in [4.69, 9.17) is 0 Å². The highest BCUT2D eigenvalue weighted by Gasteiger charge is 2.12. The fourth-order valence-electron chi connectivity index (χ4n) is 0.683. The molecule has 0 aliphatic carbocycles. The van der Waals surface area contributed by atoms with Crippen LogP contribution in [0.15, 0.2) is 11.6 Å². The van der Waals surface area contributed by atoms with E-state index in [0.717, 1.165) is 12.0 Å². The molecule has 1 atom stereocenters. The molecule has 0 spiro atoms. The van der Waals surface area contributed by atoms with Crippen molar-refractivity contribution in [3.63, 3.8) is 0 Å². The van der Waals surface area contributed by atoms with E-state index < -0.39 is 12.1 Å². The zero-order chi connectivity index (χ0) is 9.56. The average molecular weight is 172 g/mol. The Kier molecular flexibility index (Phi) is 5.37. The number of esters is 1. The predicted octanol–water partition coefficient (Wildman–Crippen LogP) is 1.27. The zero-order valence-corrected chi connectivity index (χ0v) is 7.83. The minimum atomic E-state index is -1.11. The minimum absolute atomic E-state index is 0.301. The van der Waals surface area contributed by atoms with Crippen molar-refractivity contribution in [2.45, 2.75) is 33.3 Å². The normalized spacial score (nSPS) is 14.2. The van der Waals surface area contributed by atoms with Crippen molar-refractivity contribution in [1.29, 1.82) is 0 Å². The number of carbonyl (C=O) groups is 1. The Labute approximate surface area is 73.0 Å². The Morgan fingerprint density at radius 1 is 1.58 bits per heavy atom. The first-order chi connectivity index (χ1) is 5.61. The summed E-state index contributed by atoms with van der Waals surface area (Å²) in [6.07, 6.45) is 1.24. The minimum Gasteiger partial charge on any atom is -0.464 e. The lowest BCUT2D eigenvalue weighted by Gasteiger charge is -2.05. The molecule has 0 fully saturated rings. The van der Waals surface area contributed by atoms with Gasteiger partial charge in [0.2, 0.25) is 0 Å². The van der Waals surface area contributed by atoms with Crippen LogP contribution in [0.3, 0.4) is 0 Å². The van der Waals surface area contributed by atoms with Crippen LogP contribution in [0.25, 0.3) is 0 Å². The summed E-state index contributed by atoms with van der Waals surface area (Å²) in [5.74, 6) is -0.578. The molecule has 0 aromatic heterocycles. The number of hydrogen-bond donors (Lipinski definition) is 1. The lowest BCUT2D eigenvalue weighted by molar-refractivity contribution is -0.150. The molecule has 0 rings (SSSR count). The first-order valence-electron chi connectivity index (χ1n) is 4.13. The summed E-state index contributed by atoms with van der Waals surface area (Å²) in [6, 6.07) is 0. The van der Waals surface area contributed by atoms with Crippen molar-refractivity contribution in [1.82, 2.24) is 0 Å². The predicted molar refractivity (Wildman–Crippen MR) is 46.7 cm³/mol. The summed E-state index contributed by atoms with van der Waals surface area (Å²) in [5.41, 5.74) is 0.982. The van der Waals surface area contributed by atoms with E-state index in [1.165, 1.54) is 6.08 Å². The van der Waals surface area contributed by atoms with Crippen molar-refractivity contribution in [3.05, 3.63) is 11.6 Å². The van der Waals surface area contributed by atoms with E-state index in [1.54, 1.807) is 6.92 Å². The van der Waals surface area contributed by atoms with Crippen molar-refractivity contribution < 1.29 is 14.6 Å². The molecule has 1 N–H and O–H groups in total. The van der Waals surface area contributed by atoms with Gasteiger partial charge in [-0.05, 0) is 26.3 Å². The van der Waals surface area contributed by atoms with Gasteiger partial charge in [0.1, 0.15) is 0 Å². The molecule has 0 aliphatic rings. The van der Waals surface area contributed by atoms with E-state index in [9.17, 15) is 9.90 Å². The Morgan fingerprint density at radius 3 is 2.58 bits per heavy atom.